The summed E-state index contributed by atoms with van der Waals surface area (Å²) in [6, 6.07) is 9.57. The van der Waals surface area contributed by atoms with Gasteiger partial charge in [0.15, 0.2) is 0 Å². The molecule has 1 aliphatic heterocycles. The number of nitrogens with one attached hydrogen (secondary N) is 2. The molecule has 0 saturated carbocycles. The van der Waals surface area contributed by atoms with Crippen molar-refractivity contribution < 1.29 is 9.59 Å². The minimum Gasteiger partial charge on any atom is -0.374 e. The van der Waals surface area contributed by atoms with Gasteiger partial charge in [0.1, 0.15) is 6.04 Å². The first-order chi connectivity index (χ1) is 10.6. The maximum atomic E-state index is 11.8. The largest absolute Gasteiger partial charge is 0.374 e. The molecule has 1 aromatic carbocycles. The Bertz CT molecular complexity index is 630. The zero-order valence-corrected chi connectivity index (χ0v) is 12.6. The average Bonchev–Trinajstić information content (AvgIpc) is 2.54. The number of allylic oxidation sites excluding steroid dienone is 4. The van der Waals surface area contributed by atoms with Crippen molar-refractivity contribution in [2.24, 2.45) is 0 Å². The standard InChI is InChI=1S/C18H20N2O2/c1-3-13(14-8-6-5-7-9-14)12-15(4-2)19-16-10-11-17(21)20-18(16)22/h3-9,12,16,19H,2,10-11H2,1H3,(H,20,21,22)/b13-3+,15-12+. The fraction of sp³-hybridized carbons (Fsp3) is 0.222. The van der Waals surface area contributed by atoms with E-state index in [-0.39, 0.29) is 11.8 Å². The van der Waals surface area contributed by atoms with Gasteiger partial charge in [-0.05, 0) is 36.6 Å². The van der Waals surface area contributed by atoms with Gasteiger partial charge < -0.3 is 5.32 Å². The summed E-state index contributed by atoms with van der Waals surface area (Å²) < 4.78 is 0. The molecule has 22 heavy (non-hydrogen) atoms. The molecule has 1 saturated heterocycles. The maximum absolute atomic E-state index is 11.8. The van der Waals surface area contributed by atoms with Crippen LogP contribution in [0.1, 0.15) is 25.3 Å². The number of carbonyl (C=O) groups is 2. The predicted octanol–water partition coefficient (Wildman–Crippen LogP) is 2.55. The van der Waals surface area contributed by atoms with Crippen molar-refractivity contribution >= 4 is 17.4 Å². The Morgan fingerprint density at radius 1 is 1.32 bits per heavy atom. The molecule has 4 heteroatoms. The third-order valence-electron chi connectivity index (χ3n) is 3.53. The van der Waals surface area contributed by atoms with E-state index in [9.17, 15) is 9.59 Å². The van der Waals surface area contributed by atoms with E-state index in [0.717, 1.165) is 16.8 Å². The van der Waals surface area contributed by atoms with Crippen molar-refractivity contribution in [1.82, 2.24) is 10.6 Å². The zero-order valence-electron chi connectivity index (χ0n) is 12.6. The smallest absolute Gasteiger partial charge is 0.249 e. The first-order valence-electron chi connectivity index (χ1n) is 7.30. The van der Waals surface area contributed by atoms with E-state index < -0.39 is 6.04 Å². The summed E-state index contributed by atoms with van der Waals surface area (Å²) in [4.78, 5) is 23.0. The highest BCUT2D eigenvalue weighted by molar-refractivity contribution is 6.00. The molecule has 4 nitrogen and oxygen atoms in total. The van der Waals surface area contributed by atoms with Crippen molar-refractivity contribution in [3.63, 3.8) is 0 Å². The van der Waals surface area contributed by atoms with Crippen LogP contribution in [0.4, 0.5) is 0 Å². The summed E-state index contributed by atoms with van der Waals surface area (Å²) >= 11 is 0. The highest BCUT2D eigenvalue weighted by atomic mass is 16.2. The molecule has 1 fully saturated rings. The van der Waals surface area contributed by atoms with E-state index >= 15 is 0 Å². The topological polar surface area (TPSA) is 58.2 Å². The lowest BCUT2D eigenvalue weighted by Gasteiger charge is -2.23. The molecule has 114 valence electrons. The molecule has 1 aliphatic rings. The van der Waals surface area contributed by atoms with E-state index in [0.29, 0.717) is 12.8 Å². The summed E-state index contributed by atoms with van der Waals surface area (Å²) in [5, 5.41) is 5.49. The van der Waals surface area contributed by atoms with Gasteiger partial charge in [-0.25, -0.2) is 0 Å². The van der Waals surface area contributed by atoms with Crippen LogP contribution in [-0.4, -0.2) is 17.9 Å². The number of imide groups is 1. The molecular formula is C18H20N2O2. The number of hydrogen-bond donors (Lipinski definition) is 2. The Morgan fingerprint density at radius 2 is 2.05 bits per heavy atom. The van der Waals surface area contributed by atoms with Gasteiger partial charge in [0.05, 0.1) is 0 Å². The summed E-state index contributed by atoms with van der Waals surface area (Å²) in [7, 11) is 0. The minimum absolute atomic E-state index is 0.217. The predicted molar refractivity (Wildman–Crippen MR) is 87.7 cm³/mol. The van der Waals surface area contributed by atoms with Crippen LogP contribution in [0.2, 0.25) is 0 Å². The molecule has 2 rings (SSSR count). The van der Waals surface area contributed by atoms with E-state index in [1.807, 2.05) is 49.4 Å². The van der Waals surface area contributed by atoms with Gasteiger partial charge in [-0.1, -0.05) is 43.0 Å². The fourth-order valence-electron chi connectivity index (χ4n) is 2.32. The minimum atomic E-state index is -0.407. The number of benzene rings is 1. The third-order valence-corrected chi connectivity index (χ3v) is 3.53. The molecule has 0 spiro atoms. The first-order valence-corrected chi connectivity index (χ1v) is 7.30. The van der Waals surface area contributed by atoms with Gasteiger partial charge in [0.25, 0.3) is 0 Å². The number of amides is 2. The van der Waals surface area contributed by atoms with Gasteiger partial charge in [-0.3, -0.25) is 14.9 Å². The maximum Gasteiger partial charge on any atom is 0.249 e. The number of rotatable bonds is 5. The van der Waals surface area contributed by atoms with Crippen molar-refractivity contribution in [2.45, 2.75) is 25.8 Å². The lowest BCUT2D eigenvalue weighted by atomic mass is 10.0. The lowest BCUT2D eigenvalue weighted by molar-refractivity contribution is -0.134. The SMILES string of the molecule is C=C/C(=C\C(=C/C)c1ccccc1)NC1CCC(=O)NC1=O. The van der Waals surface area contributed by atoms with Gasteiger partial charge in [-0.15, -0.1) is 0 Å². The van der Waals surface area contributed by atoms with Crippen LogP contribution in [0.25, 0.3) is 5.57 Å². The van der Waals surface area contributed by atoms with Crippen LogP contribution in [0, 0.1) is 0 Å². The Morgan fingerprint density at radius 3 is 2.64 bits per heavy atom. The Kier molecular flexibility index (Phi) is 5.31. The van der Waals surface area contributed by atoms with Gasteiger partial charge >= 0.3 is 0 Å². The Labute approximate surface area is 130 Å². The number of hydrogen-bond acceptors (Lipinski definition) is 3. The van der Waals surface area contributed by atoms with Crippen molar-refractivity contribution in [3.8, 4) is 0 Å². The van der Waals surface area contributed by atoms with Crippen LogP contribution < -0.4 is 10.6 Å². The molecule has 0 bridgehead atoms. The quantitative estimate of drug-likeness (QED) is 0.648. The van der Waals surface area contributed by atoms with Gasteiger partial charge in [-0.2, -0.15) is 0 Å². The molecule has 1 atom stereocenters. The second-order valence-electron chi connectivity index (χ2n) is 5.06. The zero-order chi connectivity index (χ0) is 15.9. The van der Waals surface area contributed by atoms with E-state index in [2.05, 4.69) is 17.2 Å². The number of piperidine rings is 1. The molecule has 0 radical (unpaired) electrons. The van der Waals surface area contributed by atoms with Crippen LogP contribution in [-0.2, 0) is 9.59 Å². The molecule has 0 aliphatic carbocycles. The van der Waals surface area contributed by atoms with Crippen molar-refractivity contribution in [2.75, 3.05) is 0 Å². The van der Waals surface area contributed by atoms with E-state index in [4.69, 9.17) is 0 Å². The average molecular weight is 296 g/mol. The van der Waals surface area contributed by atoms with Crippen LogP contribution in [0.3, 0.4) is 0 Å². The van der Waals surface area contributed by atoms with Crippen molar-refractivity contribution in [1.29, 1.82) is 0 Å². The lowest BCUT2D eigenvalue weighted by Crippen LogP contribution is -2.50. The normalized spacial score (nSPS) is 19.6. The molecule has 1 aromatic rings. The molecule has 0 aromatic heterocycles. The molecular weight excluding hydrogens is 276 g/mol. The third kappa shape index (κ3) is 3.95. The van der Waals surface area contributed by atoms with Crippen LogP contribution in [0.15, 0.2) is 60.8 Å². The van der Waals surface area contributed by atoms with Gasteiger partial charge in [0, 0.05) is 12.1 Å². The summed E-state index contributed by atoms with van der Waals surface area (Å²) in [5.41, 5.74) is 2.89. The highest BCUT2D eigenvalue weighted by Gasteiger charge is 2.26. The molecule has 1 unspecified atom stereocenters. The van der Waals surface area contributed by atoms with E-state index in [1.54, 1.807) is 6.08 Å². The summed E-state index contributed by atoms with van der Waals surface area (Å²) in [6.45, 7) is 5.75. The fourth-order valence-corrected chi connectivity index (χ4v) is 2.32. The number of carbonyl (C=O) groups excluding carboxylic acids is 2. The second-order valence-corrected chi connectivity index (χ2v) is 5.06. The van der Waals surface area contributed by atoms with Crippen molar-refractivity contribution in [3.05, 3.63) is 66.4 Å². The summed E-state index contributed by atoms with van der Waals surface area (Å²) in [5.74, 6) is -0.503. The Balaban J connectivity index is 2.15. The Hall–Kier alpha value is -2.62. The first kappa shape index (κ1) is 15.8. The highest BCUT2D eigenvalue weighted by Crippen LogP contribution is 2.17. The van der Waals surface area contributed by atoms with Crippen LogP contribution in [0.5, 0.6) is 0 Å². The molecule has 2 N–H and O–H groups in total. The van der Waals surface area contributed by atoms with Crippen LogP contribution >= 0.6 is 0 Å². The van der Waals surface area contributed by atoms with E-state index in [1.165, 1.54) is 0 Å². The second kappa shape index (κ2) is 7.41. The molecule has 2 amide bonds. The monoisotopic (exact) mass is 296 g/mol. The molecule has 1 heterocycles. The summed E-state index contributed by atoms with van der Waals surface area (Å²) in [6.07, 6.45) is 6.47. The van der Waals surface area contributed by atoms with Gasteiger partial charge in [0.2, 0.25) is 11.8 Å².